The Morgan fingerprint density at radius 1 is 1.00 bits per heavy atom. The summed E-state index contributed by atoms with van der Waals surface area (Å²) >= 11 is 0. The first-order chi connectivity index (χ1) is 17.7. The zero-order valence-corrected chi connectivity index (χ0v) is 21.5. The summed E-state index contributed by atoms with van der Waals surface area (Å²) in [7, 11) is 0. The number of halogens is 1. The lowest BCUT2D eigenvalue weighted by molar-refractivity contribution is 0.0714. The van der Waals surface area contributed by atoms with Crippen molar-refractivity contribution in [2.75, 3.05) is 6.61 Å². The Morgan fingerprint density at radius 3 is 2.46 bits per heavy atom. The van der Waals surface area contributed by atoms with Crippen LogP contribution in [-0.4, -0.2) is 17.4 Å². The zero-order chi connectivity index (χ0) is 26.3. The molecule has 0 saturated carbocycles. The van der Waals surface area contributed by atoms with Crippen molar-refractivity contribution in [3.8, 4) is 5.75 Å². The summed E-state index contributed by atoms with van der Waals surface area (Å²) in [6.45, 7) is 8.94. The molecule has 5 nitrogen and oxygen atoms in total. The maximum Gasteiger partial charge on any atom is 0.291 e. The quantitative estimate of drug-likeness (QED) is 0.283. The van der Waals surface area contributed by atoms with Gasteiger partial charge >= 0.3 is 0 Å². The van der Waals surface area contributed by atoms with Crippen molar-refractivity contribution in [1.82, 2.24) is 4.90 Å². The van der Waals surface area contributed by atoms with E-state index in [0.29, 0.717) is 34.8 Å². The van der Waals surface area contributed by atoms with Crippen molar-refractivity contribution in [1.29, 1.82) is 0 Å². The summed E-state index contributed by atoms with van der Waals surface area (Å²) < 4.78 is 25.6. The van der Waals surface area contributed by atoms with E-state index in [1.807, 2.05) is 44.2 Å². The molecule has 1 atom stereocenters. The molecular weight excluding hydrogens is 469 g/mol. The van der Waals surface area contributed by atoms with Gasteiger partial charge in [-0.3, -0.25) is 9.59 Å². The molecule has 37 heavy (non-hydrogen) atoms. The minimum Gasteiger partial charge on any atom is -0.494 e. The van der Waals surface area contributed by atoms with Gasteiger partial charge < -0.3 is 14.1 Å². The van der Waals surface area contributed by atoms with Gasteiger partial charge in [-0.2, -0.15) is 0 Å². The molecule has 4 aromatic rings. The van der Waals surface area contributed by atoms with Gasteiger partial charge in [0.1, 0.15) is 17.1 Å². The molecule has 190 valence electrons. The van der Waals surface area contributed by atoms with Gasteiger partial charge in [0.05, 0.1) is 23.6 Å². The van der Waals surface area contributed by atoms with Crippen molar-refractivity contribution < 1.29 is 18.3 Å². The van der Waals surface area contributed by atoms with Gasteiger partial charge in [0, 0.05) is 6.54 Å². The lowest BCUT2D eigenvalue weighted by Crippen LogP contribution is -2.29. The monoisotopic (exact) mass is 499 g/mol. The maximum absolute atomic E-state index is 13.9. The average Bonchev–Trinajstić information content (AvgIpc) is 3.13. The highest BCUT2D eigenvalue weighted by Crippen LogP contribution is 2.40. The van der Waals surface area contributed by atoms with Gasteiger partial charge in [0.15, 0.2) is 5.43 Å². The van der Waals surface area contributed by atoms with Crippen LogP contribution in [0.15, 0.2) is 69.9 Å². The Kier molecular flexibility index (Phi) is 6.59. The van der Waals surface area contributed by atoms with Gasteiger partial charge in [-0.1, -0.05) is 38.1 Å². The number of hydrogen-bond acceptors (Lipinski definition) is 4. The Morgan fingerprint density at radius 2 is 1.73 bits per heavy atom. The number of fused-ring (bicyclic) bond motifs is 2. The normalized spacial score (nSPS) is 15.0. The molecule has 0 saturated heterocycles. The smallest absolute Gasteiger partial charge is 0.291 e. The molecule has 5 rings (SSSR count). The van der Waals surface area contributed by atoms with E-state index in [1.54, 1.807) is 23.1 Å². The summed E-state index contributed by atoms with van der Waals surface area (Å²) in [4.78, 5) is 29.2. The largest absolute Gasteiger partial charge is 0.494 e. The van der Waals surface area contributed by atoms with Crippen LogP contribution in [0.3, 0.4) is 0 Å². The fraction of sp³-hybridized carbons (Fsp3) is 0.290. The highest BCUT2D eigenvalue weighted by atomic mass is 19.1. The molecule has 0 spiro atoms. The number of aryl methyl sites for hydroxylation is 2. The van der Waals surface area contributed by atoms with E-state index in [0.717, 1.165) is 28.7 Å². The second-order valence-electron chi connectivity index (χ2n) is 10.2. The van der Waals surface area contributed by atoms with Crippen LogP contribution in [0, 0.1) is 25.6 Å². The lowest BCUT2D eigenvalue weighted by Gasteiger charge is -2.25. The first kappa shape index (κ1) is 24.8. The van der Waals surface area contributed by atoms with Crippen molar-refractivity contribution in [2.45, 2.75) is 46.7 Å². The molecule has 1 aliphatic rings. The Bertz CT molecular complexity index is 1540. The van der Waals surface area contributed by atoms with E-state index in [-0.39, 0.29) is 29.5 Å². The van der Waals surface area contributed by atoms with Crippen molar-refractivity contribution in [2.24, 2.45) is 5.92 Å². The first-order valence-corrected chi connectivity index (χ1v) is 12.6. The van der Waals surface area contributed by atoms with Crippen LogP contribution in [0.4, 0.5) is 4.39 Å². The summed E-state index contributed by atoms with van der Waals surface area (Å²) in [6, 6.07) is 16.5. The predicted molar refractivity (Wildman–Crippen MR) is 141 cm³/mol. The molecular formula is C31H30FNO4. The molecule has 1 aromatic heterocycles. The molecule has 1 unspecified atom stereocenters. The third-order valence-electron chi connectivity index (χ3n) is 6.99. The SMILES string of the molecule is Cc1cc2oc3c(c(=O)c2cc1C)C(c1cccc(OCCC(C)C)c1)N(Cc1ccc(F)cc1)C3=O. The van der Waals surface area contributed by atoms with E-state index in [4.69, 9.17) is 9.15 Å². The number of carbonyl (C=O) groups is 1. The van der Waals surface area contributed by atoms with E-state index in [9.17, 15) is 14.0 Å². The van der Waals surface area contributed by atoms with E-state index in [2.05, 4.69) is 13.8 Å². The van der Waals surface area contributed by atoms with Crippen LogP contribution in [0.1, 0.15) is 64.7 Å². The molecule has 1 amide bonds. The van der Waals surface area contributed by atoms with Crippen molar-refractivity contribution in [3.63, 3.8) is 0 Å². The third-order valence-corrected chi connectivity index (χ3v) is 6.99. The van der Waals surface area contributed by atoms with E-state index in [1.165, 1.54) is 12.1 Å². The maximum atomic E-state index is 13.9. The Hall–Kier alpha value is -3.93. The molecule has 1 aliphatic heterocycles. The summed E-state index contributed by atoms with van der Waals surface area (Å²) in [5.41, 5.74) is 3.96. The molecule has 0 bridgehead atoms. The van der Waals surface area contributed by atoms with Gasteiger partial charge in [0.2, 0.25) is 5.76 Å². The molecule has 6 heteroatoms. The van der Waals surface area contributed by atoms with E-state index < -0.39 is 6.04 Å². The summed E-state index contributed by atoms with van der Waals surface area (Å²) in [5.74, 6) is 0.527. The van der Waals surface area contributed by atoms with Gasteiger partial charge in [-0.05, 0) is 84.8 Å². The molecule has 3 aromatic carbocycles. The fourth-order valence-electron chi connectivity index (χ4n) is 4.76. The molecule has 0 radical (unpaired) electrons. The number of amides is 1. The lowest BCUT2D eigenvalue weighted by atomic mass is 9.97. The molecule has 2 heterocycles. The van der Waals surface area contributed by atoms with Gasteiger partial charge in [-0.15, -0.1) is 0 Å². The van der Waals surface area contributed by atoms with Crippen molar-refractivity contribution >= 4 is 16.9 Å². The minimum absolute atomic E-state index is 0.0546. The number of hydrogen-bond donors (Lipinski definition) is 0. The molecule has 0 fully saturated rings. The molecule has 0 aliphatic carbocycles. The van der Waals surface area contributed by atoms with Crippen LogP contribution >= 0.6 is 0 Å². The number of rotatable bonds is 7. The van der Waals surface area contributed by atoms with Crippen LogP contribution in [0.25, 0.3) is 11.0 Å². The molecule has 0 N–H and O–H groups in total. The second kappa shape index (κ2) is 9.85. The van der Waals surface area contributed by atoms with Crippen LogP contribution < -0.4 is 10.2 Å². The summed E-state index contributed by atoms with van der Waals surface area (Å²) in [5, 5.41) is 0.452. The minimum atomic E-state index is -0.663. The highest BCUT2D eigenvalue weighted by Gasteiger charge is 2.43. The third kappa shape index (κ3) is 4.76. The average molecular weight is 500 g/mol. The summed E-state index contributed by atoms with van der Waals surface area (Å²) in [6.07, 6.45) is 0.917. The van der Waals surface area contributed by atoms with Gasteiger partial charge in [-0.25, -0.2) is 4.39 Å². The van der Waals surface area contributed by atoms with Crippen LogP contribution in [0.5, 0.6) is 5.75 Å². The van der Waals surface area contributed by atoms with Crippen molar-refractivity contribution in [3.05, 3.63) is 110 Å². The predicted octanol–water partition coefficient (Wildman–Crippen LogP) is 6.72. The Labute approximate surface area is 215 Å². The standard InChI is InChI=1S/C31H30FNO4/c1-18(2)12-13-36-24-7-5-6-22(16-24)28-27-29(34)25-14-19(3)20(4)15-26(25)37-30(27)31(35)33(28)17-21-8-10-23(32)11-9-21/h5-11,14-16,18,28H,12-13,17H2,1-4H3. The second-order valence-corrected chi connectivity index (χ2v) is 10.2. The first-order valence-electron chi connectivity index (χ1n) is 12.6. The van der Waals surface area contributed by atoms with Crippen LogP contribution in [0.2, 0.25) is 0 Å². The topological polar surface area (TPSA) is 59.8 Å². The van der Waals surface area contributed by atoms with E-state index >= 15 is 0 Å². The number of ether oxygens (including phenoxy) is 1. The number of nitrogens with zero attached hydrogens (tertiary/aromatic N) is 1. The zero-order valence-electron chi connectivity index (χ0n) is 21.5. The highest BCUT2D eigenvalue weighted by molar-refractivity contribution is 5.99. The Balaban J connectivity index is 1.64. The van der Waals surface area contributed by atoms with Crippen LogP contribution in [-0.2, 0) is 6.54 Å². The van der Waals surface area contributed by atoms with Gasteiger partial charge in [0.25, 0.3) is 5.91 Å². The fourth-order valence-corrected chi connectivity index (χ4v) is 4.76. The number of carbonyl (C=O) groups excluding carboxylic acids is 1. The number of benzene rings is 3.